The molecule has 1 aromatic carbocycles. The lowest BCUT2D eigenvalue weighted by atomic mass is 9.59. The molecule has 4 atom stereocenters. The molecule has 0 radical (unpaired) electrons. The third-order valence-corrected chi connectivity index (χ3v) is 7.79. The maximum absolute atomic E-state index is 13.6. The Morgan fingerprint density at radius 2 is 1.71 bits per heavy atom. The van der Waals surface area contributed by atoms with Crippen LogP contribution in [0, 0.1) is 24.7 Å². The molecule has 1 fully saturated rings. The van der Waals surface area contributed by atoms with Gasteiger partial charge < -0.3 is 5.11 Å². The van der Waals surface area contributed by atoms with Crippen molar-refractivity contribution in [2.75, 3.05) is 0 Å². The second-order valence-corrected chi connectivity index (χ2v) is 11.0. The van der Waals surface area contributed by atoms with Gasteiger partial charge in [0.1, 0.15) is 5.75 Å². The van der Waals surface area contributed by atoms with Gasteiger partial charge in [-0.3, -0.25) is 24.1 Å². The summed E-state index contributed by atoms with van der Waals surface area (Å²) in [6.45, 7) is 9.01. The van der Waals surface area contributed by atoms with Crippen LogP contribution in [-0.4, -0.2) is 38.9 Å². The first-order valence-corrected chi connectivity index (χ1v) is 11.8. The van der Waals surface area contributed by atoms with Crippen molar-refractivity contribution in [3.05, 3.63) is 63.8 Å². The zero-order valence-electron chi connectivity index (χ0n) is 20.1. The molecule has 1 aromatic rings. The zero-order valence-corrected chi connectivity index (χ0v) is 20.1. The number of phenolic OH excluding ortho intramolecular Hbond substituents is 1. The standard InChI is InChI=1S/C28H29NO5/c1-13-10-15(6-9-20(13)30)22-16-7-8-17-23(27(34)29(26(17)33)28(3,4)5)18(16)12-19-21(31)11-14(2)25(32)24(19)22/h6-7,9-11,17-18,22-23,30H,8,12H2,1-5H3/t17-,18+,22-,23-/m0/s1. The van der Waals surface area contributed by atoms with E-state index in [0.29, 0.717) is 28.7 Å². The van der Waals surface area contributed by atoms with E-state index in [1.807, 2.05) is 32.9 Å². The number of fused-ring (bicyclic) bond motifs is 3. The van der Waals surface area contributed by atoms with Crippen molar-refractivity contribution in [3.8, 4) is 5.75 Å². The first kappa shape index (κ1) is 22.5. The normalized spacial score (nSPS) is 29.0. The van der Waals surface area contributed by atoms with E-state index >= 15 is 0 Å². The molecule has 0 saturated carbocycles. The number of carbonyl (C=O) groups is 4. The molecule has 0 unspecified atom stereocenters. The Morgan fingerprint density at radius 1 is 1.00 bits per heavy atom. The number of benzene rings is 1. The van der Waals surface area contributed by atoms with Gasteiger partial charge in [-0.25, -0.2) is 0 Å². The summed E-state index contributed by atoms with van der Waals surface area (Å²) in [6.07, 6.45) is 4.12. The number of phenols is 1. The zero-order chi connectivity index (χ0) is 24.7. The number of likely N-dealkylation sites (tertiary alicyclic amines) is 1. The minimum atomic E-state index is -0.630. The van der Waals surface area contributed by atoms with Crippen LogP contribution in [0.25, 0.3) is 0 Å². The summed E-state index contributed by atoms with van der Waals surface area (Å²) in [5.41, 5.74) is 3.10. The number of imide groups is 1. The smallest absolute Gasteiger partial charge is 0.234 e. The summed E-state index contributed by atoms with van der Waals surface area (Å²) in [4.78, 5) is 54.7. The summed E-state index contributed by atoms with van der Waals surface area (Å²) in [7, 11) is 0. The van der Waals surface area contributed by atoms with E-state index in [2.05, 4.69) is 0 Å². The number of hydrogen-bond donors (Lipinski definition) is 1. The van der Waals surface area contributed by atoms with Crippen LogP contribution in [0.4, 0.5) is 0 Å². The Balaban J connectivity index is 1.69. The number of carbonyl (C=O) groups excluding carboxylic acids is 4. The first-order valence-electron chi connectivity index (χ1n) is 11.8. The quantitative estimate of drug-likeness (QED) is 0.390. The van der Waals surface area contributed by atoms with Crippen molar-refractivity contribution < 1.29 is 24.3 Å². The molecule has 0 aromatic heterocycles. The van der Waals surface area contributed by atoms with Crippen LogP contribution in [0.2, 0.25) is 0 Å². The molecule has 1 saturated heterocycles. The van der Waals surface area contributed by atoms with Crippen LogP contribution < -0.4 is 0 Å². The number of rotatable bonds is 1. The van der Waals surface area contributed by atoms with Crippen LogP contribution in [0.5, 0.6) is 5.75 Å². The Kier molecular flexibility index (Phi) is 4.87. The van der Waals surface area contributed by atoms with Gasteiger partial charge in [0.25, 0.3) is 0 Å². The van der Waals surface area contributed by atoms with Crippen molar-refractivity contribution in [3.63, 3.8) is 0 Å². The monoisotopic (exact) mass is 459 g/mol. The van der Waals surface area contributed by atoms with Gasteiger partial charge in [0.05, 0.1) is 11.8 Å². The van der Waals surface area contributed by atoms with Gasteiger partial charge in [0.2, 0.25) is 11.8 Å². The number of amides is 2. The molecule has 2 amide bonds. The molecular weight excluding hydrogens is 430 g/mol. The molecule has 0 spiro atoms. The van der Waals surface area contributed by atoms with E-state index in [-0.39, 0.29) is 41.5 Å². The topological polar surface area (TPSA) is 91.8 Å². The van der Waals surface area contributed by atoms with Gasteiger partial charge in [-0.05, 0) is 76.6 Å². The van der Waals surface area contributed by atoms with Crippen molar-refractivity contribution in [1.82, 2.24) is 4.90 Å². The van der Waals surface area contributed by atoms with E-state index in [0.717, 1.165) is 11.1 Å². The molecule has 5 rings (SSSR count). The number of hydrogen-bond acceptors (Lipinski definition) is 5. The van der Waals surface area contributed by atoms with E-state index in [1.54, 1.807) is 26.0 Å². The van der Waals surface area contributed by atoms with E-state index in [9.17, 15) is 24.3 Å². The summed E-state index contributed by atoms with van der Waals surface area (Å²) < 4.78 is 0. The molecule has 6 heteroatoms. The minimum absolute atomic E-state index is 0.155. The lowest BCUT2D eigenvalue weighted by molar-refractivity contribution is -0.145. The third-order valence-electron chi connectivity index (χ3n) is 7.79. The second kappa shape index (κ2) is 7.36. The number of ketones is 2. The number of nitrogens with zero attached hydrogens (tertiary/aromatic N) is 1. The molecule has 0 bridgehead atoms. The largest absolute Gasteiger partial charge is 0.508 e. The fourth-order valence-electron chi connectivity index (χ4n) is 6.26. The first-order chi connectivity index (χ1) is 15.9. The Labute approximate surface area is 199 Å². The summed E-state index contributed by atoms with van der Waals surface area (Å²) in [6, 6.07) is 5.22. The molecule has 1 aliphatic heterocycles. The van der Waals surface area contributed by atoms with Gasteiger partial charge in [-0.15, -0.1) is 0 Å². The van der Waals surface area contributed by atoms with Gasteiger partial charge in [0, 0.05) is 28.2 Å². The number of allylic oxidation sites excluding steroid dienone is 6. The van der Waals surface area contributed by atoms with E-state index in [4.69, 9.17) is 0 Å². The average molecular weight is 460 g/mol. The summed E-state index contributed by atoms with van der Waals surface area (Å²) in [5.74, 6) is -2.35. The predicted molar refractivity (Wildman–Crippen MR) is 126 cm³/mol. The number of Topliss-reactive ketones (excluding diaryl/α,β-unsaturated/α-hetero) is 1. The van der Waals surface area contributed by atoms with Crippen molar-refractivity contribution >= 4 is 23.4 Å². The Hall–Kier alpha value is -3.28. The highest BCUT2D eigenvalue weighted by Gasteiger charge is 2.58. The molecule has 176 valence electrons. The summed E-state index contributed by atoms with van der Waals surface area (Å²) >= 11 is 0. The minimum Gasteiger partial charge on any atom is -0.508 e. The van der Waals surface area contributed by atoms with Crippen LogP contribution in [0.15, 0.2) is 52.6 Å². The maximum Gasteiger partial charge on any atom is 0.234 e. The molecule has 4 aliphatic rings. The number of aryl methyl sites for hydroxylation is 1. The highest BCUT2D eigenvalue weighted by atomic mass is 16.3. The molecule has 1 N–H and O–H groups in total. The van der Waals surface area contributed by atoms with Gasteiger partial charge in [-0.1, -0.05) is 23.8 Å². The van der Waals surface area contributed by atoms with Crippen LogP contribution in [-0.2, 0) is 19.2 Å². The van der Waals surface area contributed by atoms with Crippen LogP contribution in [0.1, 0.15) is 57.6 Å². The highest BCUT2D eigenvalue weighted by molar-refractivity contribution is 6.23. The molecule has 34 heavy (non-hydrogen) atoms. The van der Waals surface area contributed by atoms with Crippen molar-refractivity contribution in [2.45, 2.75) is 58.9 Å². The second-order valence-electron chi connectivity index (χ2n) is 11.0. The predicted octanol–water partition coefficient (Wildman–Crippen LogP) is 3.93. The molecule has 3 aliphatic carbocycles. The Morgan fingerprint density at radius 3 is 2.35 bits per heavy atom. The summed E-state index contributed by atoms with van der Waals surface area (Å²) in [5, 5.41) is 10.1. The molecule has 6 nitrogen and oxygen atoms in total. The van der Waals surface area contributed by atoms with E-state index < -0.39 is 23.3 Å². The van der Waals surface area contributed by atoms with E-state index in [1.165, 1.54) is 11.0 Å². The van der Waals surface area contributed by atoms with Gasteiger partial charge in [0.15, 0.2) is 11.6 Å². The molecule has 1 heterocycles. The average Bonchev–Trinajstić information content (AvgIpc) is 3.03. The van der Waals surface area contributed by atoms with Gasteiger partial charge in [-0.2, -0.15) is 0 Å². The lowest BCUT2D eigenvalue weighted by Gasteiger charge is -2.42. The highest BCUT2D eigenvalue weighted by Crippen LogP contribution is 2.55. The Bertz CT molecular complexity index is 1270. The van der Waals surface area contributed by atoms with Crippen LogP contribution in [0.3, 0.4) is 0 Å². The fraction of sp³-hybridized carbons (Fsp3) is 0.429. The maximum atomic E-state index is 13.6. The number of aromatic hydroxyl groups is 1. The van der Waals surface area contributed by atoms with Gasteiger partial charge >= 0.3 is 0 Å². The molecular formula is C28H29NO5. The van der Waals surface area contributed by atoms with Crippen LogP contribution >= 0.6 is 0 Å². The SMILES string of the molecule is CC1=CC(=O)C2=C(C1=O)[C@@H](c1ccc(O)c(C)c1)C1=CC[C@@H]3C(=O)N(C(C)(C)C)C(=O)[C@@H]3[C@@H]1C2. The van der Waals surface area contributed by atoms with Crippen molar-refractivity contribution in [2.24, 2.45) is 17.8 Å². The lowest BCUT2D eigenvalue weighted by Crippen LogP contribution is -2.46. The third kappa shape index (κ3) is 3.07. The van der Waals surface area contributed by atoms with Crippen molar-refractivity contribution in [1.29, 1.82) is 0 Å². The fourth-order valence-corrected chi connectivity index (χ4v) is 6.26.